The first kappa shape index (κ1) is 8.94. The Morgan fingerprint density at radius 3 is 2.00 bits per heavy atom. The van der Waals surface area contributed by atoms with Gasteiger partial charge in [-0.2, -0.15) is 0 Å². The smallest absolute Gasteiger partial charge is 0.00929 e. The Morgan fingerprint density at radius 2 is 2.00 bits per heavy atom. The van der Waals surface area contributed by atoms with Crippen molar-refractivity contribution in [3.63, 3.8) is 0 Å². The Kier molecular flexibility index (Phi) is 6.18. The molecule has 34 valence electrons. The molecule has 0 N–H and O–H groups in total. The van der Waals surface area contributed by atoms with Crippen LogP contribution in [-0.4, -0.2) is 16.2 Å². The first-order chi connectivity index (χ1) is 2.27. The minimum Gasteiger partial charge on any atom is -0.331 e. The van der Waals surface area contributed by atoms with Crippen LogP contribution in [0, 0.1) is 6.92 Å². The zero-order valence-corrected chi connectivity index (χ0v) is 11.2. The average molecular weight is 358 g/mol. The molecule has 3 heteroatoms. The molecule has 0 heterocycles. The van der Waals surface area contributed by atoms with Crippen LogP contribution >= 0.6 is 0 Å². The summed E-state index contributed by atoms with van der Waals surface area (Å²) in [6.45, 7) is 3.39. The molecule has 0 bridgehead atoms. The zero-order chi connectivity index (χ0) is 4.28. The van der Waals surface area contributed by atoms with Crippen LogP contribution in [0.5, 0.6) is 0 Å². The van der Waals surface area contributed by atoms with E-state index in [4.69, 9.17) is 0 Å². The predicted octanol–water partition coefficient (Wildman–Crippen LogP) is 0.199. The molecule has 0 aromatic heterocycles. The Hall–Kier alpha value is -0.850. The normalized spacial score (nSPS) is 12.3. The van der Waals surface area contributed by atoms with Crippen molar-refractivity contribution in [1.29, 1.82) is 0 Å². The van der Waals surface area contributed by atoms with Crippen LogP contribution in [-0.2, 0) is 10.8 Å². The molecule has 0 aliphatic carbocycles. The third kappa shape index (κ3) is 11.0. The van der Waals surface area contributed by atoms with Crippen molar-refractivity contribution in [2.75, 3.05) is 12.0 Å². The quantitative estimate of drug-likeness (QED) is 0.613. The van der Waals surface area contributed by atoms with Gasteiger partial charge in [0.15, 0.2) is 0 Å². The van der Waals surface area contributed by atoms with Gasteiger partial charge in [0.1, 0.15) is 0 Å². The van der Waals surface area contributed by atoms with Crippen LogP contribution in [0.3, 0.4) is 0 Å². The second kappa shape index (κ2) is 4.15. The summed E-state index contributed by atoms with van der Waals surface area (Å²) in [6.07, 6.45) is 1.63. The second-order valence-electron chi connectivity index (χ2n) is 0.777. The van der Waals surface area contributed by atoms with Gasteiger partial charge in [0.05, 0.1) is 0 Å². The van der Waals surface area contributed by atoms with Gasteiger partial charge in [0, 0.05) is 6.26 Å². The van der Waals surface area contributed by atoms with Crippen molar-refractivity contribution in [2.45, 2.75) is 0 Å². The Labute approximate surface area is 34.8 Å². The van der Waals surface area contributed by atoms with E-state index in [1.807, 2.05) is 0 Å². The number of hydrogen-bond acceptors (Lipinski definition) is 1. The van der Waals surface area contributed by atoms with E-state index in [0.29, 0.717) is 5.75 Å². The summed E-state index contributed by atoms with van der Waals surface area (Å²) in [5.41, 5.74) is 0. The Bertz CT molecular complexity index is 46.1. The maximum atomic E-state index is 9.86. The third-order valence-corrected chi connectivity index (χ3v) is 0.862. The van der Waals surface area contributed by atoms with Crippen molar-refractivity contribution >= 4 is 10.8 Å². The molecule has 0 fully saturated rings. The first-order valence-corrected chi connectivity index (χ1v) is 3.09. The van der Waals surface area contributed by atoms with Crippen LogP contribution in [0.25, 0.3) is 0 Å². The molecule has 0 amide bonds. The van der Waals surface area contributed by atoms with Gasteiger partial charge in [-0.15, -0.1) is 5.75 Å². The third-order valence-electron chi connectivity index (χ3n) is 0.287. The standard InChI is InChI=1S/C3H7OS.Rf/c1-3-5(2)4;/h1,3H2,2H3;/q-1;. The monoisotopic (exact) mass is 358 g/mol. The SMILES string of the molecule is [CH2-]CS(C)=O.[Rf]. The second-order valence-corrected chi connectivity index (χ2v) is 2.33. The van der Waals surface area contributed by atoms with Gasteiger partial charge in [-0.1, -0.05) is 0 Å². The van der Waals surface area contributed by atoms with E-state index in [2.05, 4.69) is 6.92 Å². The number of rotatable bonds is 1. The van der Waals surface area contributed by atoms with Gasteiger partial charge in [-0.05, 0) is 10.8 Å². The molecule has 0 saturated heterocycles. The van der Waals surface area contributed by atoms with E-state index in [1.54, 1.807) is 6.26 Å². The summed E-state index contributed by atoms with van der Waals surface area (Å²) in [4.78, 5) is 0. The van der Waals surface area contributed by atoms with Crippen molar-refractivity contribution in [2.24, 2.45) is 0 Å². The van der Waals surface area contributed by atoms with Crippen molar-refractivity contribution < 1.29 is 4.21 Å². The summed E-state index contributed by atoms with van der Waals surface area (Å²) < 4.78 is 9.86. The Morgan fingerprint density at radius 1 is 1.83 bits per heavy atom. The average Bonchev–Trinajstić information content (AvgIpc) is 1.38. The molecule has 0 aromatic rings. The summed E-state index contributed by atoms with van der Waals surface area (Å²) in [7, 11) is -0.684. The maximum Gasteiger partial charge on any atom is 0.00929 e. The summed E-state index contributed by atoms with van der Waals surface area (Å²) in [5, 5.41) is 0. The molecular weight excluding hydrogens is 351 g/mol. The Balaban J connectivity index is 0. The molecule has 1 atom stereocenters. The van der Waals surface area contributed by atoms with Crippen LogP contribution in [0.1, 0.15) is 0 Å². The van der Waals surface area contributed by atoms with Gasteiger partial charge in [-0.25, -0.2) is 0 Å². The van der Waals surface area contributed by atoms with E-state index < -0.39 is 10.8 Å². The fourth-order valence-electron chi connectivity index (χ4n) is 0. The van der Waals surface area contributed by atoms with Crippen LogP contribution in [0.15, 0.2) is 0 Å². The summed E-state index contributed by atoms with van der Waals surface area (Å²) in [6, 6.07) is 0. The van der Waals surface area contributed by atoms with E-state index in [-0.39, 0.29) is 0 Å². The first-order valence-electron chi connectivity index (χ1n) is 1.36. The number of hydrogen-bond donors (Lipinski definition) is 0. The zero-order valence-electron chi connectivity index (χ0n) is 3.94. The molecule has 0 aromatic carbocycles. The van der Waals surface area contributed by atoms with Crippen LogP contribution in [0.2, 0.25) is 0 Å². The van der Waals surface area contributed by atoms with Gasteiger partial charge in [0.2, 0.25) is 0 Å². The minimum absolute atomic E-state index is 0. The van der Waals surface area contributed by atoms with Crippen molar-refractivity contribution in [3.05, 3.63) is 6.92 Å². The van der Waals surface area contributed by atoms with Crippen molar-refractivity contribution in [1.82, 2.24) is 0 Å². The van der Waals surface area contributed by atoms with Gasteiger partial charge >= 0.3 is 0 Å². The van der Waals surface area contributed by atoms with Gasteiger partial charge < -0.3 is 6.92 Å². The van der Waals surface area contributed by atoms with Crippen molar-refractivity contribution in [3.8, 4) is 0 Å². The molecule has 0 rings (SSSR count). The summed E-state index contributed by atoms with van der Waals surface area (Å²) in [5.74, 6) is 0.528. The molecule has 6 heavy (non-hydrogen) atoms. The molecule has 1 nitrogen and oxygen atoms in total. The predicted molar refractivity (Wildman–Crippen MR) is 24.3 cm³/mol. The molecule has 0 radical (unpaired) electrons. The van der Waals surface area contributed by atoms with Gasteiger partial charge in [0.25, 0.3) is 0 Å². The topological polar surface area (TPSA) is 17.1 Å². The van der Waals surface area contributed by atoms with E-state index in [9.17, 15) is 4.21 Å². The largest absolute Gasteiger partial charge is 0.331 e. The molecule has 0 aliphatic heterocycles. The minimum atomic E-state index is -0.684. The van der Waals surface area contributed by atoms with E-state index in [0.717, 1.165) is 0 Å². The maximum absolute atomic E-state index is 9.86. The van der Waals surface area contributed by atoms with E-state index in [1.165, 1.54) is 0 Å². The molecule has 0 aliphatic rings. The molecule has 0 saturated carbocycles. The summed E-state index contributed by atoms with van der Waals surface area (Å²) >= 11 is 0. The van der Waals surface area contributed by atoms with Crippen LogP contribution in [0.4, 0.5) is 0 Å². The van der Waals surface area contributed by atoms with Gasteiger partial charge in [-0.3, -0.25) is 4.21 Å². The molecule has 0 spiro atoms. The molecular formula is C3H7ORfS-. The fraction of sp³-hybridized carbons (Fsp3) is 0.667. The fourth-order valence-corrected chi connectivity index (χ4v) is 0. The molecule has 1 unspecified atom stereocenters. The van der Waals surface area contributed by atoms with Crippen LogP contribution < -0.4 is 0 Å². The van der Waals surface area contributed by atoms with E-state index >= 15 is 0 Å².